The second-order valence-corrected chi connectivity index (χ2v) is 8.35. The first-order valence-electron chi connectivity index (χ1n) is 10.4. The van der Waals surface area contributed by atoms with E-state index in [1.165, 1.54) is 11.9 Å². The van der Waals surface area contributed by atoms with Crippen LogP contribution in [0.25, 0.3) is 5.69 Å². The number of halogens is 1. The molecule has 1 aromatic heterocycles. The van der Waals surface area contributed by atoms with Crippen LogP contribution in [-0.4, -0.2) is 62.7 Å². The molecular formula is C23H24ClN7O. The molecule has 1 saturated heterocycles. The maximum Gasteiger partial charge on any atom is 0.238 e. The van der Waals surface area contributed by atoms with Crippen LogP contribution in [0.2, 0.25) is 5.02 Å². The third-order valence-electron chi connectivity index (χ3n) is 5.58. The monoisotopic (exact) mass is 449 g/mol. The van der Waals surface area contributed by atoms with Crippen LogP contribution in [0.4, 0.5) is 5.69 Å². The van der Waals surface area contributed by atoms with Crippen molar-refractivity contribution in [3.8, 4) is 11.8 Å². The van der Waals surface area contributed by atoms with Gasteiger partial charge in [0.1, 0.15) is 12.7 Å². The summed E-state index contributed by atoms with van der Waals surface area (Å²) in [5.41, 5.74) is 3.16. The summed E-state index contributed by atoms with van der Waals surface area (Å²) in [6.07, 6.45) is 3.02. The van der Waals surface area contributed by atoms with Crippen LogP contribution in [0.15, 0.2) is 55.1 Å². The van der Waals surface area contributed by atoms with E-state index in [-0.39, 0.29) is 11.9 Å². The first-order valence-corrected chi connectivity index (χ1v) is 10.8. The summed E-state index contributed by atoms with van der Waals surface area (Å²) in [6.45, 7) is 5.82. The van der Waals surface area contributed by atoms with Gasteiger partial charge in [-0.2, -0.15) is 10.4 Å². The smallest absolute Gasteiger partial charge is 0.238 e. The van der Waals surface area contributed by atoms with Gasteiger partial charge in [-0.25, -0.2) is 9.67 Å². The highest BCUT2D eigenvalue weighted by molar-refractivity contribution is 6.31. The number of rotatable bonds is 6. The van der Waals surface area contributed by atoms with Crippen molar-refractivity contribution in [2.24, 2.45) is 0 Å². The van der Waals surface area contributed by atoms with Gasteiger partial charge in [-0.3, -0.25) is 14.6 Å². The summed E-state index contributed by atoms with van der Waals surface area (Å²) < 4.78 is 1.59. The lowest BCUT2D eigenvalue weighted by atomic mass is 10.1. The Labute approximate surface area is 192 Å². The van der Waals surface area contributed by atoms with Gasteiger partial charge in [-0.05, 0) is 42.8 Å². The molecule has 9 heteroatoms. The van der Waals surface area contributed by atoms with Gasteiger partial charge >= 0.3 is 0 Å². The summed E-state index contributed by atoms with van der Waals surface area (Å²) in [4.78, 5) is 21.3. The molecule has 4 rings (SSSR count). The standard InChI is InChI=1S/C23H24ClN7O/c1-17-12-29(13-19-4-2-18(11-25)3-5-19)8-9-30(17)14-23(32)28-21-10-20(24)6-7-22(21)31-16-26-15-27-31/h2-7,10,15-17H,8-9,12-14H2,1H3,(H,28,32). The predicted molar refractivity (Wildman–Crippen MR) is 122 cm³/mol. The summed E-state index contributed by atoms with van der Waals surface area (Å²) in [7, 11) is 0. The first kappa shape index (κ1) is 22.0. The molecular weight excluding hydrogens is 426 g/mol. The quantitative estimate of drug-likeness (QED) is 0.622. The van der Waals surface area contributed by atoms with Crippen molar-refractivity contribution in [2.75, 3.05) is 31.5 Å². The molecule has 0 aliphatic carbocycles. The Balaban J connectivity index is 1.34. The molecule has 1 aliphatic rings. The van der Waals surface area contributed by atoms with Crippen molar-refractivity contribution in [1.82, 2.24) is 24.6 Å². The van der Waals surface area contributed by atoms with Gasteiger partial charge in [0.15, 0.2) is 0 Å². The van der Waals surface area contributed by atoms with Crippen molar-refractivity contribution in [1.29, 1.82) is 5.26 Å². The van der Waals surface area contributed by atoms with E-state index in [2.05, 4.69) is 38.2 Å². The topological polar surface area (TPSA) is 90.1 Å². The van der Waals surface area contributed by atoms with Gasteiger partial charge in [0.2, 0.25) is 5.91 Å². The zero-order valence-electron chi connectivity index (χ0n) is 17.8. The predicted octanol–water partition coefficient (Wildman–Crippen LogP) is 2.94. The molecule has 0 saturated carbocycles. The number of benzene rings is 2. The van der Waals surface area contributed by atoms with Crippen molar-refractivity contribution >= 4 is 23.2 Å². The Kier molecular flexibility index (Phi) is 6.81. The molecule has 1 atom stereocenters. The Morgan fingerprint density at radius 2 is 2.06 bits per heavy atom. The fourth-order valence-electron chi connectivity index (χ4n) is 3.91. The van der Waals surface area contributed by atoms with E-state index in [1.54, 1.807) is 29.2 Å². The number of amides is 1. The lowest BCUT2D eigenvalue weighted by Gasteiger charge is -2.39. The highest BCUT2D eigenvalue weighted by atomic mass is 35.5. The molecule has 8 nitrogen and oxygen atoms in total. The lowest BCUT2D eigenvalue weighted by molar-refractivity contribution is -0.118. The van der Waals surface area contributed by atoms with Crippen LogP contribution in [-0.2, 0) is 11.3 Å². The normalized spacial score (nSPS) is 17.1. The number of carbonyl (C=O) groups is 1. The van der Waals surface area contributed by atoms with Crippen molar-refractivity contribution < 1.29 is 4.79 Å². The van der Waals surface area contributed by atoms with Crippen LogP contribution in [0.1, 0.15) is 18.1 Å². The highest BCUT2D eigenvalue weighted by Gasteiger charge is 2.25. The molecule has 0 bridgehead atoms. The molecule has 1 aliphatic heterocycles. The highest BCUT2D eigenvalue weighted by Crippen LogP contribution is 2.24. The van der Waals surface area contributed by atoms with E-state index in [1.807, 2.05) is 24.3 Å². The van der Waals surface area contributed by atoms with E-state index in [0.29, 0.717) is 28.5 Å². The summed E-state index contributed by atoms with van der Waals surface area (Å²) in [6, 6.07) is 15.4. The number of anilines is 1. The number of hydrogen-bond donors (Lipinski definition) is 1. The molecule has 164 valence electrons. The Hall–Kier alpha value is -3.25. The number of nitriles is 1. The zero-order valence-corrected chi connectivity index (χ0v) is 18.5. The number of aromatic nitrogens is 3. The Bertz CT molecular complexity index is 1110. The SMILES string of the molecule is CC1CN(Cc2ccc(C#N)cc2)CCN1CC(=O)Nc1cc(Cl)ccc1-n1cncn1. The molecule has 1 fully saturated rings. The Morgan fingerprint density at radius 1 is 1.25 bits per heavy atom. The van der Waals surface area contributed by atoms with Crippen LogP contribution < -0.4 is 5.32 Å². The second-order valence-electron chi connectivity index (χ2n) is 7.91. The van der Waals surface area contributed by atoms with Crippen LogP contribution in [0.3, 0.4) is 0 Å². The molecule has 1 N–H and O–H groups in total. The van der Waals surface area contributed by atoms with Crippen LogP contribution in [0, 0.1) is 11.3 Å². The summed E-state index contributed by atoms with van der Waals surface area (Å²) in [5.74, 6) is -0.0963. The number of hydrogen-bond acceptors (Lipinski definition) is 6. The molecule has 1 amide bonds. The average Bonchev–Trinajstić information content (AvgIpc) is 3.31. The van der Waals surface area contributed by atoms with E-state index in [0.717, 1.165) is 26.2 Å². The van der Waals surface area contributed by atoms with E-state index in [9.17, 15) is 4.79 Å². The molecule has 2 heterocycles. The lowest BCUT2D eigenvalue weighted by Crippen LogP contribution is -2.53. The molecule has 3 aromatic rings. The van der Waals surface area contributed by atoms with Gasteiger partial charge in [-0.15, -0.1) is 0 Å². The fourth-order valence-corrected chi connectivity index (χ4v) is 4.08. The van der Waals surface area contributed by atoms with Crippen LogP contribution in [0.5, 0.6) is 0 Å². The number of carbonyl (C=O) groups excluding carboxylic acids is 1. The molecule has 0 radical (unpaired) electrons. The molecule has 0 spiro atoms. The van der Waals surface area contributed by atoms with Gasteiger partial charge in [0.25, 0.3) is 0 Å². The zero-order chi connectivity index (χ0) is 22.5. The van der Waals surface area contributed by atoms with E-state index < -0.39 is 0 Å². The van der Waals surface area contributed by atoms with Gasteiger partial charge in [0, 0.05) is 37.2 Å². The number of nitrogens with zero attached hydrogens (tertiary/aromatic N) is 6. The van der Waals surface area contributed by atoms with Crippen molar-refractivity contribution in [3.05, 3.63) is 71.3 Å². The second kappa shape index (κ2) is 9.92. The minimum atomic E-state index is -0.0963. The first-order chi connectivity index (χ1) is 15.5. The number of piperazine rings is 1. The van der Waals surface area contributed by atoms with Gasteiger partial charge < -0.3 is 5.32 Å². The maximum absolute atomic E-state index is 12.8. The van der Waals surface area contributed by atoms with Crippen LogP contribution >= 0.6 is 11.6 Å². The summed E-state index contributed by atoms with van der Waals surface area (Å²) >= 11 is 6.15. The van der Waals surface area contributed by atoms with Crippen molar-refractivity contribution in [3.63, 3.8) is 0 Å². The minimum Gasteiger partial charge on any atom is -0.323 e. The fraction of sp³-hybridized carbons (Fsp3) is 0.304. The molecule has 32 heavy (non-hydrogen) atoms. The van der Waals surface area contributed by atoms with E-state index in [4.69, 9.17) is 16.9 Å². The van der Waals surface area contributed by atoms with Gasteiger partial charge in [0.05, 0.1) is 29.6 Å². The summed E-state index contributed by atoms with van der Waals surface area (Å²) in [5, 5.41) is 16.6. The Morgan fingerprint density at radius 3 is 2.75 bits per heavy atom. The average molecular weight is 450 g/mol. The minimum absolute atomic E-state index is 0.0963. The van der Waals surface area contributed by atoms with E-state index >= 15 is 0 Å². The molecule has 1 unspecified atom stereocenters. The maximum atomic E-state index is 12.8. The largest absolute Gasteiger partial charge is 0.323 e. The third kappa shape index (κ3) is 5.32. The molecule has 2 aromatic carbocycles. The third-order valence-corrected chi connectivity index (χ3v) is 5.82. The van der Waals surface area contributed by atoms with Gasteiger partial charge in [-0.1, -0.05) is 23.7 Å². The number of nitrogens with one attached hydrogen (secondary N) is 1. The van der Waals surface area contributed by atoms with Crippen molar-refractivity contribution in [2.45, 2.75) is 19.5 Å².